The lowest BCUT2D eigenvalue weighted by atomic mass is 10.1. The van der Waals surface area contributed by atoms with E-state index < -0.39 is 0 Å². The summed E-state index contributed by atoms with van der Waals surface area (Å²) in [6.45, 7) is 1.27. The Kier molecular flexibility index (Phi) is 5.90. The minimum atomic E-state index is 0.0726. The molecule has 0 spiro atoms. The lowest BCUT2D eigenvalue weighted by Gasteiger charge is -2.04. The van der Waals surface area contributed by atoms with Crippen LogP contribution in [0.1, 0.15) is 18.4 Å². The highest BCUT2D eigenvalue weighted by Gasteiger charge is 2.01. The van der Waals surface area contributed by atoms with Gasteiger partial charge in [-0.1, -0.05) is 23.7 Å². The van der Waals surface area contributed by atoms with Gasteiger partial charge in [-0.25, -0.2) is 0 Å². The lowest BCUT2D eigenvalue weighted by molar-refractivity contribution is -0.121. The van der Waals surface area contributed by atoms with E-state index in [1.165, 1.54) is 0 Å². The van der Waals surface area contributed by atoms with Crippen LogP contribution in [0.2, 0.25) is 5.02 Å². The van der Waals surface area contributed by atoms with E-state index in [2.05, 4.69) is 5.32 Å². The van der Waals surface area contributed by atoms with Crippen molar-refractivity contribution in [3.05, 3.63) is 34.9 Å². The molecule has 1 rings (SSSR count). The average molecular weight is 241 g/mol. The standard InChI is InChI=1S/C12H17ClN2O/c13-11-5-2-10(3-6-11)4-7-12(16)15-9-1-8-14/h2-3,5-6H,1,4,7-9,14H2,(H,15,16). The van der Waals surface area contributed by atoms with Crippen molar-refractivity contribution >= 4 is 17.5 Å². The van der Waals surface area contributed by atoms with Gasteiger partial charge in [0.05, 0.1) is 0 Å². The summed E-state index contributed by atoms with van der Waals surface area (Å²) in [6.07, 6.45) is 2.07. The zero-order valence-electron chi connectivity index (χ0n) is 9.21. The Labute approximate surface area is 101 Å². The number of aryl methyl sites for hydroxylation is 1. The quantitative estimate of drug-likeness (QED) is 0.745. The van der Waals surface area contributed by atoms with Crippen molar-refractivity contribution in [1.29, 1.82) is 0 Å². The van der Waals surface area contributed by atoms with Gasteiger partial charge < -0.3 is 11.1 Å². The maximum Gasteiger partial charge on any atom is 0.220 e. The predicted octanol–water partition coefficient (Wildman–Crippen LogP) is 1.74. The molecule has 0 heterocycles. The first-order valence-corrected chi connectivity index (χ1v) is 5.81. The van der Waals surface area contributed by atoms with E-state index in [4.69, 9.17) is 17.3 Å². The average Bonchev–Trinajstić information content (AvgIpc) is 2.29. The van der Waals surface area contributed by atoms with E-state index in [1.54, 1.807) is 0 Å². The summed E-state index contributed by atoms with van der Waals surface area (Å²) in [7, 11) is 0. The number of nitrogens with one attached hydrogen (secondary N) is 1. The Morgan fingerprint density at radius 1 is 1.31 bits per heavy atom. The molecule has 0 unspecified atom stereocenters. The molecule has 0 saturated carbocycles. The second kappa shape index (κ2) is 7.25. The van der Waals surface area contributed by atoms with Crippen molar-refractivity contribution in [2.75, 3.05) is 13.1 Å². The van der Waals surface area contributed by atoms with Crippen molar-refractivity contribution in [1.82, 2.24) is 5.32 Å². The van der Waals surface area contributed by atoms with Gasteiger partial charge in [-0.15, -0.1) is 0 Å². The summed E-state index contributed by atoms with van der Waals surface area (Å²) < 4.78 is 0. The summed E-state index contributed by atoms with van der Waals surface area (Å²) in [5, 5.41) is 3.54. The minimum Gasteiger partial charge on any atom is -0.356 e. The van der Waals surface area contributed by atoms with Gasteiger partial charge in [0, 0.05) is 18.0 Å². The summed E-state index contributed by atoms with van der Waals surface area (Å²) in [4.78, 5) is 11.4. The highest BCUT2D eigenvalue weighted by Crippen LogP contribution is 2.10. The van der Waals surface area contributed by atoms with Crippen molar-refractivity contribution in [2.45, 2.75) is 19.3 Å². The van der Waals surface area contributed by atoms with E-state index in [0.717, 1.165) is 23.4 Å². The molecule has 88 valence electrons. The van der Waals surface area contributed by atoms with Crippen LogP contribution in [0.15, 0.2) is 24.3 Å². The largest absolute Gasteiger partial charge is 0.356 e. The number of benzene rings is 1. The van der Waals surface area contributed by atoms with Crippen molar-refractivity contribution in [3.63, 3.8) is 0 Å². The maximum atomic E-state index is 11.4. The second-order valence-electron chi connectivity index (χ2n) is 3.62. The fraction of sp³-hybridized carbons (Fsp3) is 0.417. The first kappa shape index (κ1) is 13.0. The van der Waals surface area contributed by atoms with Crippen molar-refractivity contribution in [2.24, 2.45) is 5.73 Å². The van der Waals surface area contributed by atoms with E-state index in [-0.39, 0.29) is 5.91 Å². The van der Waals surface area contributed by atoms with Gasteiger partial charge in [0.15, 0.2) is 0 Å². The van der Waals surface area contributed by atoms with Crippen molar-refractivity contribution in [3.8, 4) is 0 Å². The van der Waals surface area contributed by atoms with Crippen LogP contribution >= 0.6 is 11.6 Å². The molecule has 0 fully saturated rings. The first-order chi connectivity index (χ1) is 7.72. The molecule has 16 heavy (non-hydrogen) atoms. The van der Waals surface area contributed by atoms with Crippen LogP contribution < -0.4 is 11.1 Å². The SMILES string of the molecule is NCCCNC(=O)CCc1ccc(Cl)cc1. The summed E-state index contributed by atoms with van der Waals surface area (Å²) >= 11 is 5.77. The molecular weight excluding hydrogens is 224 g/mol. The van der Waals surface area contributed by atoms with E-state index >= 15 is 0 Å². The molecule has 1 aromatic rings. The third kappa shape index (κ3) is 5.14. The predicted molar refractivity (Wildman–Crippen MR) is 66.5 cm³/mol. The molecule has 0 aromatic heterocycles. The van der Waals surface area contributed by atoms with Crippen LogP contribution in [0.4, 0.5) is 0 Å². The van der Waals surface area contributed by atoms with Crippen LogP contribution in [-0.2, 0) is 11.2 Å². The number of carbonyl (C=O) groups excluding carboxylic acids is 1. The van der Waals surface area contributed by atoms with Gasteiger partial charge in [-0.2, -0.15) is 0 Å². The Hall–Kier alpha value is -1.06. The second-order valence-corrected chi connectivity index (χ2v) is 4.06. The highest BCUT2D eigenvalue weighted by atomic mass is 35.5. The monoisotopic (exact) mass is 240 g/mol. The number of carbonyl (C=O) groups is 1. The van der Waals surface area contributed by atoms with Gasteiger partial charge in [-0.05, 0) is 37.1 Å². The molecule has 0 saturated heterocycles. The Bertz CT molecular complexity index is 324. The molecule has 0 aliphatic heterocycles. The van der Waals surface area contributed by atoms with Gasteiger partial charge in [0.2, 0.25) is 5.91 Å². The molecule has 0 aliphatic carbocycles. The van der Waals surface area contributed by atoms with Gasteiger partial charge in [0.25, 0.3) is 0 Å². The molecule has 3 N–H and O–H groups in total. The first-order valence-electron chi connectivity index (χ1n) is 5.43. The lowest BCUT2D eigenvalue weighted by Crippen LogP contribution is -2.26. The molecule has 1 aromatic carbocycles. The van der Waals surface area contributed by atoms with Crippen LogP contribution in [-0.4, -0.2) is 19.0 Å². The number of nitrogens with two attached hydrogens (primary N) is 1. The molecule has 0 aliphatic rings. The summed E-state index contributed by atoms with van der Waals surface area (Å²) in [5.74, 6) is 0.0726. The fourth-order valence-corrected chi connectivity index (χ4v) is 1.45. The fourth-order valence-electron chi connectivity index (χ4n) is 1.33. The van der Waals surface area contributed by atoms with Gasteiger partial charge >= 0.3 is 0 Å². The van der Waals surface area contributed by atoms with Crippen LogP contribution in [0.3, 0.4) is 0 Å². The smallest absolute Gasteiger partial charge is 0.220 e. The third-order valence-corrected chi connectivity index (χ3v) is 2.51. The summed E-state index contributed by atoms with van der Waals surface area (Å²) in [6, 6.07) is 7.55. The highest BCUT2D eigenvalue weighted by molar-refractivity contribution is 6.30. The number of rotatable bonds is 6. The molecule has 4 heteroatoms. The number of halogens is 1. The molecule has 0 bridgehead atoms. The number of amides is 1. The minimum absolute atomic E-state index is 0.0726. The molecule has 0 radical (unpaired) electrons. The maximum absolute atomic E-state index is 11.4. The van der Waals surface area contributed by atoms with Crippen LogP contribution in [0.25, 0.3) is 0 Å². The van der Waals surface area contributed by atoms with E-state index in [9.17, 15) is 4.79 Å². The van der Waals surface area contributed by atoms with E-state index in [0.29, 0.717) is 19.5 Å². The third-order valence-electron chi connectivity index (χ3n) is 2.26. The molecule has 1 amide bonds. The van der Waals surface area contributed by atoms with Crippen molar-refractivity contribution < 1.29 is 4.79 Å². The van der Waals surface area contributed by atoms with Crippen LogP contribution in [0, 0.1) is 0 Å². The zero-order chi connectivity index (χ0) is 11.8. The molecular formula is C12H17ClN2O. The van der Waals surface area contributed by atoms with Crippen LogP contribution in [0.5, 0.6) is 0 Å². The Morgan fingerprint density at radius 2 is 2.00 bits per heavy atom. The normalized spacial score (nSPS) is 10.1. The van der Waals surface area contributed by atoms with Gasteiger partial charge in [-0.3, -0.25) is 4.79 Å². The van der Waals surface area contributed by atoms with Gasteiger partial charge in [0.1, 0.15) is 0 Å². The molecule has 0 atom stereocenters. The topological polar surface area (TPSA) is 55.1 Å². The summed E-state index contributed by atoms with van der Waals surface area (Å²) in [5.41, 5.74) is 6.45. The molecule has 3 nitrogen and oxygen atoms in total. The number of hydrogen-bond donors (Lipinski definition) is 2. The van der Waals surface area contributed by atoms with E-state index in [1.807, 2.05) is 24.3 Å². The number of hydrogen-bond acceptors (Lipinski definition) is 2. The Morgan fingerprint density at radius 3 is 2.62 bits per heavy atom. The Balaban J connectivity index is 2.23. The zero-order valence-corrected chi connectivity index (χ0v) is 9.96.